The first-order chi connectivity index (χ1) is 14.8. The molecule has 0 bridgehead atoms. The topological polar surface area (TPSA) is 115 Å². The molecule has 3 rings (SSSR count). The van der Waals surface area contributed by atoms with Gasteiger partial charge >= 0.3 is 0 Å². The summed E-state index contributed by atoms with van der Waals surface area (Å²) < 4.78 is 10.7. The number of hydroxylamine groups is 1. The lowest BCUT2D eigenvalue weighted by atomic mass is 9.95. The molecule has 8 nitrogen and oxygen atoms in total. The molecule has 1 aromatic carbocycles. The summed E-state index contributed by atoms with van der Waals surface area (Å²) in [5.74, 6) is -0.756. The Hall–Kier alpha value is -3.36. The third-order valence-corrected chi connectivity index (χ3v) is 5.04. The SMILES string of the molecule is Cc1ccnc(-c2ccc(COC(C)(C(=O)CCc3cc(C)on3)C(=O)NO)cc2)c1. The fraction of sp³-hybridized carbons (Fsp3) is 0.304. The molecular weight excluding hydrogens is 398 g/mol. The molecule has 3 aromatic rings. The third-order valence-electron chi connectivity index (χ3n) is 5.04. The minimum atomic E-state index is -1.84. The van der Waals surface area contributed by atoms with Crippen molar-refractivity contribution in [3.63, 3.8) is 0 Å². The van der Waals surface area contributed by atoms with Gasteiger partial charge in [-0.3, -0.25) is 19.8 Å². The Bertz CT molecular complexity index is 1060. The van der Waals surface area contributed by atoms with E-state index in [1.807, 2.05) is 43.3 Å². The van der Waals surface area contributed by atoms with Gasteiger partial charge in [0.1, 0.15) is 5.76 Å². The number of rotatable bonds is 9. The molecule has 0 aliphatic carbocycles. The van der Waals surface area contributed by atoms with Crippen molar-refractivity contribution in [2.75, 3.05) is 0 Å². The number of Topliss-reactive ketones (excluding diaryl/α,β-unsaturated/α-hetero) is 1. The molecule has 31 heavy (non-hydrogen) atoms. The molecule has 2 heterocycles. The summed E-state index contributed by atoms with van der Waals surface area (Å²) in [6.07, 6.45) is 2.06. The van der Waals surface area contributed by atoms with Gasteiger partial charge in [0.05, 0.1) is 18.0 Å². The molecule has 1 atom stereocenters. The monoisotopic (exact) mass is 423 g/mol. The normalized spacial score (nSPS) is 12.9. The van der Waals surface area contributed by atoms with Crippen LogP contribution >= 0.6 is 0 Å². The summed E-state index contributed by atoms with van der Waals surface area (Å²) in [5.41, 5.74) is 3.99. The molecule has 0 aliphatic heterocycles. The van der Waals surface area contributed by atoms with Crippen molar-refractivity contribution >= 4 is 11.7 Å². The summed E-state index contributed by atoms with van der Waals surface area (Å²) >= 11 is 0. The van der Waals surface area contributed by atoms with Gasteiger partial charge in [0, 0.05) is 30.7 Å². The van der Waals surface area contributed by atoms with E-state index in [2.05, 4.69) is 10.1 Å². The number of nitrogens with one attached hydrogen (secondary N) is 1. The molecule has 0 radical (unpaired) electrons. The molecule has 162 valence electrons. The quantitative estimate of drug-likeness (QED) is 0.308. The van der Waals surface area contributed by atoms with E-state index in [1.54, 1.807) is 19.2 Å². The average Bonchev–Trinajstić information content (AvgIpc) is 3.20. The van der Waals surface area contributed by atoms with Crippen molar-refractivity contribution in [2.45, 2.75) is 45.8 Å². The Labute approximate surface area is 180 Å². The van der Waals surface area contributed by atoms with Gasteiger partial charge in [-0.15, -0.1) is 0 Å². The number of aryl methyl sites for hydroxylation is 3. The molecule has 0 spiro atoms. The van der Waals surface area contributed by atoms with E-state index < -0.39 is 17.3 Å². The smallest absolute Gasteiger partial charge is 0.283 e. The van der Waals surface area contributed by atoms with Crippen LogP contribution in [0.3, 0.4) is 0 Å². The van der Waals surface area contributed by atoms with Gasteiger partial charge in [0.25, 0.3) is 5.91 Å². The number of ether oxygens (including phenoxy) is 1. The Morgan fingerprint density at radius 3 is 2.52 bits per heavy atom. The van der Waals surface area contributed by atoms with E-state index in [4.69, 9.17) is 14.5 Å². The zero-order chi connectivity index (χ0) is 22.4. The molecule has 2 N–H and O–H groups in total. The molecule has 1 unspecified atom stereocenters. The van der Waals surface area contributed by atoms with Crippen LogP contribution in [0.25, 0.3) is 11.3 Å². The Morgan fingerprint density at radius 2 is 1.90 bits per heavy atom. The molecule has 8 heteroatoms. The summed E-state index contributed by atoms with van der Waals surface area (Å²) in [6, 6.07) is 13.1. The number of amides is 1. The standard InChI is InChI=1S/C23H25N3O5/c1-15-10-11-24-20(12-15)18-6-4-17(5-7-18)14-30-23(3,22(28)25-29)21(27)9-8-19-13-16(2)31-26-19/h4-7,10-13,29H,8-9,14H2,1-3H3,(H,25,28). The predicted octanol–water partition coefficient (Wildman–Crippen LogP) is 3.34. The van der Waals surface area contributed by atoms with Crippen LogP contribution in [-0.4, -0.2) is 32.6 Å². The lowest BCUT2D eigenvalue weighted by Gasteiger charge is -2.26. The first-order valence-corrected chi connectivity index (χ1v) is 9.88. The molecule has 0 aliphatic rings. The van der Waals surface area contributed by atoms with Crippen LogP contribution in [0.5, 0.6) is 0 Å². The van der Waals surface area contributed by atoms with Crippen molar-refractivity contribution in [3.05, 3.63) is 71.2 Å². The zero-order valence-electron chi connectivity index (χ0n) is 17.7. The average molecular weight is 423 g/mol. The number of carbonyl (C=O) groups excluding carboxylic acids is 2. The minimum absolute atomic E-state index is 0.00780. The van der Waals surface area contributed by atoms with Crippen molar-refractivity contribution in [2.24, 2.45) is 0 Å². The van der Waals surface area contributed by atoms with E-state index in [-0.39, 0.29) is 13.0 Å². The summed E-state index contributed by atoms with van der Waals surface area (Å²) in [7, 11) is 0. The first kappa shape index (κ1) is 22.3. The van der Waals surface area contributed by atoms with Crippen LogP contribution in [0.1, 0.15) is 35.9 Å². The molecule has 0 saturated carbocycles. The fourth-order valence-electron chi connectivity index (χ4n) is 3.09. The molecule has 1 amide bonds. The van der Waals surface area contributed by atoms with E-state index in [0.717, 1.165) is 22.4 Å². The van der Waals surface area contributed by atoms with Crippen molar-refractivity contribution in [3.8, 4) is 11.3 Å². The van der Waals surface area contributed by atoms with Crippen LogP contribution in [0.2, 0.25) is 0 Å². The maximum Gasteiger partial charge on any atom is 0.283 e. The fourth-order valence-corrected chi connectivity index (χ4v) is 3.09. The van der Waals surface area contributed by atoms with Crippen LogP contribution in [0, 0.1) is 13.8 Å². The van der Waals surface area contributed by atoms with Gasteiger partial charge in [-0.2, -0.15) is 0 Å². The van der Waals surface area contributed by atoms with Gasteiger partial charge in [-0.25, -0.2) is 5.48 Å². The van der Waals surface area contributed by atoms with E-state index in [0.29, 0.717) is 17.9 Å². The molecule has 0 saturated heterocycles. The van der Waals surface area contributed by atoms with Gasteiger partial charge in [0.2, 0.25) is 5.60 Å². The number of hydrogen-bond donors (Lipinski definition) is 2. The van der Waals surface area contributed by atoms with E-state index in [9.17, 15) is 9.59 Å². The number of nitrogens with zero attached hydrogens (tertiary/aromatic N) is 2. The van der Waals surface area contributed by atoms with Crippen LogP contribution in [0.15, 0.2) is 53.2 Å². The number of ketones is 1. The Kier molecular flexibility index (Phi) is 6.94. The Morgan fingerprint density at radius 1 is 1.16 bits per heavy atom. The highest BCUT2D eigenvalue weighted by atomic mass is 16.5. The number of benzene rings is 1. The highest BCUT2D eigenvalue weighted by Crippen LogP contribution is 2.22. The Balaban J connectivity index is 1.67. The van der Waals surface area contributed by atoms with Gasteiger partial charge in [-0.05, 0) is 44.0 Å². The minimum Gasteiger partial charge on any atom is -0.361 e. The zero-order valence-corrected chi connectivity index (χ0v) is 17.7. The second-order valence-corrected chi connectivity index (χ2v) is 7.53. The number of carbonyl (C=O) groups is 2. The predicted molar refractivity (Wildman–Crippen MR) is 112 cm³/mol. The number of hydrogen-bond acceptors (Lipinski definition) is 7. The maximum absolute atomic E-state index is 12.8. The lowest BCUT2D eigenvalue weighted by Crippen LogP contribution is -2.51. The highest BCUT2D eigenvalue weighted by Gasteiger charge is 2.41. The number of aromatic nitrogens is 2. The summed E-state index contributed by atoms with van der Waals surface area (Å²) in [6.45, 7) is 5.12. The van der Waals surface area contributed by atoms with Crippen molar-refractivity contribution < 1.29 is 24.1 Å². The maximum atomic E-state index is 12.8. The van der Waals surface area contributed by atoms with Crippen LogP contribution < -0.4 is 5.48 Å². The number of pyridine rings is 1. The van der Waals surface area contributed by atoms with Crippen molar-refractivity contribution in [1.82, 2.24) is 15.6 Å². The largest absolute Gasteiger partial charge is 0.361 e. The summed E-state index contributed by atoms with van der Waals surface area (Å²) in [5, 5.41) is 13.0. The first-order valence-electron chi connectivity index (χ1n) is 9.88. The van der Waals surface area contributed by atoms with Crippen molar-refractivity contribution in [1.29, 1.82) is 0 Å². The van der Waals surface area contributed by atoms with E-state index in [1.165, 1.54) is 12.4 Å². The summed E-state index contributed by atoms with van der Waals surface area (Å²) in [4.78, 5) is 29.4. The lowest BCUT2D eigenvalue weighted by molar-refractivity contribution is -0.164. The second-order valence-electron chi connectivity index (χ2n) is 7.53. The second kappa shape index (κ2) is 9.63. The molecular formula is C23H25N3O5. The molecule has 0 fully saturated rings. The van der Waals surface area contributed by atoms with E-state index >= 15 is 0 Å². The van der Waals surface area contributed by atoms with Crippen LogP contribution in [-0.2, 0) is 27.4 Å². The molecule has 2 aromatic heterocycles. The highest BCUT2D eigenvalue weighted by molar-refractivity contribution is 6.08. The van der Waals surface area contributed by atoms with Gasteiger partial charge in [-0.1, -0.05) is 29.4 Å². The van der Waals surface area contributed by atoms with Gasteiger partial charge < -0.3 is 9.26 Å². The third kappa shape index (κ3) is 5.42. The van der Waals surface area contributed by atoms with Crippen LogP contribution in [0.4, 0.5) is 0 Å². The van der Waals surface area contributed by atoms with Gasteiger partial charge in [0.15, 0.2) is 5.78 Å².